The first kappa shape index (κ1) is 43.0. The molecule has 0 amide bonds. The first-order valence-corrected chi connectivity index (χ1v) is 18.1. The highest BCUT2D eigenvalue weighted by Crippen LogP contribution is 2.39. The van der Waals surface area contributed by atoms with Gasteiger partial charge in [0.05, 0.1) is 29.4 Å². The number of rotatable bonds is 10. The van der Waals surface area contributed by atoms with Gasteiger partial charge in [0.2, 0.25) is 0 Å². The molecule has 0 bridgehead atoms. The Kier molecular flexibility index (Phi) is 15.3. The number of likely N-dealkylation sites (N-methyl/N-ethyl adjacent to an activating group) is 1. The minimum Gasteiger partial charge on any atom is -0.493 e. The zero-order chi connectivity index (χ0) is 39.0. The molecule has 0 spiro atoms. The molecule has 3 heterocycles. The second kappa shape index (κ2) is 18.6. The topological polar surface area (TPSA) is 143 Å². The van der Waals surface area contributed by atoms with E-state index in [0.29, 0.717) is 12.0 Å². The lowest BCUT2D eigenvalue weighted by Gasteiger charge is -2.47. The van der Waals surface area contributed by atoms with E-state index in [4.69, 9.17) is 28.4 Å². The predicted octanol–water partition coefficient (Wildman–Crippen LogP) is 5.44. The van der Waals surface area contributed by atoms with Crippen LogP contribution in [0.15, 0.2) is 53.6 Å². The molecule has 0 aliphatic carbocycles. The summed E-state index contributed by atoms with van der Waals surface area (Å²) < 4.78 is 37.8. The molecule has 0 saturated carbocycles. The lowest BCUT2D eigenvalue weighted by molar-refractivity contribution is -0.298. The van der Waals surface area contributed by atoms with E-state index in [9.17, 15) is 19.5 Å². The van der Waals surface area contributed by atoms with Crippen LogP contribution >= 0.6 is 0 Å². The SMILES string of the molecule is CC[C@H]1OC(=O)/C(C)=C(/OC/C=C/c2cccnc2)[C@H](C)[C@@H](O[C@@H]2O[C@H](C)C[C@H](N(C)C)[C@H]2OC(C)=O)[C@](C)(OC)C[C@@H](C)C(=O)/C(C)=C/[C@]1(C)O. The maximum atomic E-state index is 14.0. The van der Waals surface area contributed by atoms with Crippen molar-refractivity contribution >= 4 is 23.8 Å². The number of aromatic nitrogens is 1. The van der Waals surface area contributed by atoms with Gasteiger partial charge in [-0.15, -0.1) is 0 Å². The molecule has 2 aliphatic rings. The van der Waals surface area contributed by atoms with Crippen molar-refractivity contribution < 1.29 is 47.9 Å². The number of carbonyl (C=O) groups is 3. The Hall–Kier alpha value is -3.42. The van der Waals surface area contributed by atoms with Crippen LogP contribution in [-0.4, -0.2) is 108 Å². The number of allylic oxidation sites excluding steroid dienone is 1. The van der Waals surface area contributed by atoms with Gasteiger partial charge in [0, 0.05) is 38.3 Å². The van der Waals surface area contributed by atoms with Crippen molar-refractivity contribution in [1.29, 1.82) is 0 Å². The lowest BCUT2D eigenvalue weighted by atomic mass is 9.78. The van der Waals surface area contributed by atoms with E-state index in [1.165, 1.54) is 19.9 Å². The highest BCUT2D eigenvalue weighted by Gasteiger charge is 2.50. The van der Waals surface area contributed by atoms with Gasteiger partial charge in [-0.05, 0) is 97.3 Å². The predicted molar refractivity (Wildman–Crippen MR) is 197 cm³/mol. The van der Waals surface area contributed by atoms with E-state index in [1.54, 1.807) is 47.2 Å². The van der Waals surface area contributed by atoms with Gasteiger partial charge in [-0.2, -0.15) is 0 Å². The molecular formula is C40H60N2O10. The summed E-state index contributed by atoms with van der Waals surface area (Å²) in [6.07, 6.45) is 5.64. The molecule has 52 heavy (non-hydrogen) atoms. The van der Waals surface area contributed by atoms with E-state index >= 15 is 0 Å². The third-order valence-electron chi connectivity index (χ3n) is 10.1. The highest BCUT2D eigenvalue weighted by atomic mass is 16.7. The van der Waals surface area contributed by atoms with E-state index in [2.05, 4.69) is 4.98 Å². The summed E-state index contributed by atoms with van der Waals surface area (Å²) in [6, 6.07) is 3.51. The van der Waals surface area contributed by atoms with Crippen LogP contribution in [0, 0.1) is 11.8 Å². The van der Waals surface area contributed by atoms with Crippen LogP contribution in [0.1, 0.15) is 87.1 Å². The lowest BCUT2D eigenvalue weighted by Crippen LogP contribution is -2.59. The molecular weight excluding hydrogens is 668 g/mol. The van der Waals surface area contributed by atoms with Crippen molar-refractivity contribution in [2.45, 2.75) is 130 Å². The number of ketones is 1. The van der Waals surface area contributed by atoms with Crippen LogP contribution in [0.4, 0.5) is 0 Å². The summed E-state index contributed by atoms with van der Waals surface area (Å²) in [5.74, 6) is -2.40. The van der Waals surface area contributed by atoms with E-state index < -0.39 is 59.6 Å². The molecule has 3 rings (SSSR count). The number of pyridine rings is 1. The van der Waals surface area contributed by atoms with Crippen molar-refractivity contribution in [1.82, 2.24) is 9.88 Å². The third-order valence-corrected chi connectivity index (χ3v) is 10.1. The number of hydrogen-bond donors (Lipinski definition) is 1. The summed E-state index contributed by atoms with van der Waals surface area (Å²) in [5.41, 5.74) is -1.44. The fourth-order valence-electron chi connectivity index (χ4n) is 7.35. The van der Waals surface area contributed by atoms with E-state index in [1.807, 2.05) is 64.1 Å². The van der Waals surface area contributed by atoms with Gasteiger partial charge in [0.25, 0.3) is 0 Å². The third kappa shape index (κ3) is 10.8. The minimum atomic E-state index is -1.63. The summed E-state index contributed by atoms with van der Waals surface area (Å²) in [6.45, 7) is 15.4. The molecule has 1 saturated heterocycles. The Morgan fingerprint density at radius 3 is 2.44 bits per heavy atom. The monoisotopic (exact) mass is 728 g/mol. The van der Waals surface area contributed by atoms with Gasteiger partial charge in [0.15, 0.2) is 18.2 Å². The Bertz CT molecular complexity index is 1470. The summed E-state index contributed by atoms with van der Waals surface area (Å²) in [7, 11) is 5.36. The number of carbonyl (C=O) groups excluding carboxylic acids is 3. The maximum absolute atomic E-state index is 14.0. The van der Waals surface area contributed by atoms with Gasteiger partial charge in [-0.3, -0.25) is 14.6 Å². The zero-order valence-corrected chi connectivity index (χ0v) is 33.0. The quantitative estimate of drug-likeness (QED) is 0.307. The van der Waals surface area contributed by atoms with Crippen LogP contribution in [0.3, 0.4) is 0 Å². The number of cyclic esters (lactones) is 1. The van der Waals surface area contributed by atoms with Gasteiger partial charge in [0.1, 0.15) is 24.1 Å². The Morgan fingerprint density at radius 2 is 1.87 bits per heavy atom. The van der Waals surface area contributed by atoms with Gasteiger partial charge >= 0.3 is 11.9 Å². The van der Waals surface area contributed by atoms with E-state index in [-0.39, 0.29) is 48.7 Å². The largest absolute Gasteiger partial charge is 0.493 e. The first-order valence-electron chi connectivity index (χ1n) is 18.1. The Labute approximate surface area is 309 Å². The highest BCUT2D eigenvalue weighted by molar-refractivity contribution is 5.96. The fraction of sp³-hybridized carbons (Fsp3) is 0.650. The number of ether oxygens (including phenoxy) is 6. The smallest absolute Gasteiger partial charge is 0.337 e. The number of methoxy groups -OCH3 is 1. The van der Waals surface area contributed by atoms with Crippen LogP contribution in [0.2, 0.25) is 0 Å². The molecule has 0 radical (unpaired) electrons. The number of Topliss-reactive ketones (excluding diaryl/α,β-unsaturated/α-hetero) is 1. The maximum Gasteiger partial charge on any atom is 0.337 e. The first-order chi connectivity index (χ1) is 24.3. The normalized spacial score (nSPS) is 36.5. The molecule has 2 aliphatic heterocycles. The second-order valence-corrected chi connectivity index (χ2v) is 14.8. The van der Waals surface area contributed by atoms with Gasteiger partial charge < -0.3 is 38.4 Å². The second-order valence-electron chi connectivity index (χ2n) is 14.8. The summed E-state index contributed by atoms with van der Waals surface area (Å²) in [5, 5.41) is 11.5. The average molecular weight is 729 g/mol. The van der Waals surface area contributed by atoms with Crippen LogP contribution in [0.5, 0.6) is 0 Å². The van der Waals surface area contributed by atoms with E-state index in [0.717, 1.165) is 5.56 Å². The molecule has 1 aromatic heterocycles. The van der Waals surface area contributed by atoms with Crippen LogP contribution in [0.25, 0.3) is 6.08 Å². The summed E-state index contributed by atoms with van der Waals surface area (Å²) >= 11 is 0. The van der Waals surface area contributed by atoms with Crippen molar-refractivity contribution in [2.75, 3.05) is 27.8 Å². The van der Waals surface area contributed by atoms with Crippen molar-refractivity contribution in [2.24, 2.45) is 11.8 Å². The molecule has 1 fully saturated rings. The number of esters is 2. The molecule has 1 N–H and O–H groups in total. The molecule has 1 aromatic rings. The number of aliphatic hydroxyl groups is 1. The molecule has 290 valence electrons. The Balaban J connectivity index is 2.24. The molecule has 0 aromatic carbocycles. The van der Waals surface area contributed by atoms with Crippen molar-refractivity contribution in [3.8, 4) is 0 Å². The summed E-state index contributed by atoms with van der Waals surface area (Å²) in [4.78, 5) is 46.4. The van der Waals surface area contributed by atoms with Crippen LogP contribution in [-0.2, 0) is 42.8 Å². The minimum absolute atomic E-state index is 0.0804. The molecule has 12 heteroatoms. The molecule has 10 atom stereocenters. The van der Waals surface area contributed by atoms with Crippen molar-refractivity contribution in [3.05, 3.63) is 59.1 Å². The van der Waals surface area contributed by atoms with Crippen molar-refractivity contribution in [3.63, 3.8) is 0 Å². The zero-order valence-electron chi connectivity index (χ0n) is 33.0. The fourth-order valence-corrected chi connectivity index (χ4v) is 7.35. The Morgan fingerprint density at radius 1 is 1.17 bits per heavy atom. The van der Waals surface area contributed by atoms with Gasteiger partial charge in [-0.1, -0.05) is 32.9 Å². The van der Waals surface area contributed by atoms with Gasteiger partial charge in [-0.25, -0.2) is 4.79 Å². The number of hydrogen-bond acceptors (Lipinski definition) is 12. The molecule has 12 nitrogen and oxygen atoms in total. The standard InChI is InChI=1S/C40H60N2O10/c1-13-32-39(8,46)21-24(2)33(44)25(3)22-40(9,47-12)36(52-38-35(50-29(7)43)31(42(10)11)20-26(4)49-38)27(5)34(28(6)37(45)51-32)48-19-15-17-30-16-14-18-41-23-30/h14-18,21,23,25-27,31-32,35-36,38,46H,13,19-20,22H2,1-12H3/b17-15+,24-21+,34-28+/t25-,26-,27+,31+,32-,35-,36-,38+,39+,40-/m1/s1. The average Bonchev–Trinajstić information content (AvgIpc) is 3.08. The number of nitrogens with zero attached hydrogens (tertiary/aromatic N) is 2. The van der Waals surface area contributed by atoms with Crippen LogP contribution < -0.4 is 0 Å². The molecule has 0 unspecified atom stereocenters.